The van der Waals surface area contributed by atoms with Gasteiger partial charge in [0.25, 0.3) is 0 Å². The third kappa shape index (κ3) is 3.05. The quantitative estimate of drug-likeness (QED) is 0.722. The molecule has 0 bridgehead atoms. The van der Waals surface area contributed by atoms with Crippen LogP contribution in [0, 0.1) is 5.92 Å². The molecule has 7 heteroatoms. The molecule has 1 fully saturated rings. The molecule has 0 aromatic carbocycles. The number of fused-ring (bicyclic) bond motifs is 1. The van der Waals surface area contributed by atoms with Crippen molar-refractivity contribution in [3.63, 3.8) is 0 Å². The van der Waals surface area contributed by atoms with Gasteiger partial charge < -0.3 is 9.32 Å². The average molecular weight is 338 g/mol. The number of piperidine rings is 1. The van der Waals surface area contributed by atoms with Gasteiger partial charge >= 0.3 is 11.4 Å². The van der Waals surface area contributed by atoms with Crippen LogP contribution in [0.5, 0.6) is 0 Å². The molecule has 0 radical (unpaired) electrons. The van der Waals surface area contributed by atoms with Crippen molar-refractivity contribution in [2.45, 2.75) is 19.4 Å². The summed E-state index contributed by atoms with van der Waals surface area (Å²) in [4.78, 5) is 34.6. The second-order valence-electron chi connectivity index (χ2n) is 6.28. The highest BCUT2D eigenvalue weighted by Gasteiger charge is 2.22. The lowest BCUT2D eigenvalue weighted by molar-refractivity contribution is 0.326. The summed E-state index contributed by atoms with van der Waals surface area (Å²) in [6.45, 7) is 2.36. The monoisotopic (exact) mass is 338 g/mol. The van der Waals surface area contributed by atoms with Gasteiger partial charge in [-0.05, 0) is 43.0 Å². The molecule has 0 unspecified atom stereocenters. The third-order valence-corrected chi connectivity index (χ3v) is 4.75. The molecule has 0 N–H and O–H groups in total. The maximum atomic E-state index is 12.2. The average Bonchev–Trinajstić information content (AvgIpc) is 2.66. The number of pyridine rings is 2. The summed E-state index contributed by atoms with van der Waals surface area (Å²) in [5, 5.41) is 0.344. The van der Waals surface area contributed by atoms with Crippen molar-refractivity contribution in [3.8, 4) is 0 Å². The zero-order valence-corrected chi connectivity index (χ0v) is 13.7. The summed E-state index contributed by atoms with van der Waals surface area (Å²) in [5.74, 6) is -0.290. The molecule has 3 aromatic heterocycles. The van der Waals surface area contributed by atoms with Crippen LogP contribution in [0.25, 0.3) is 11.0 Å². The second kappa shape index (κ2) is 6.51. The highest BCUT2D eigenvalue weighted by Crippen LogP contribution is 2.24. The number of aromatic nitrogens is 3. The molecule has 0 atom stereocenters. The number of nitrogens with zero attached hydrogens (tertiary/aromatic N) is 4. The standard InChI is InChI=1S/C18H18N4O3/c23-17-15-2-1-7-20-16(15)22(18(24)25-17)12-13-5-10-21(11-6-13)14-3-8-19-9-4-14/h1-4,7-9,13H,5-6,10-12H2. The Hall–Kier alpha value is -2.96. The summed E-state index contributed by atoms with van der Waals surface area (Å²) < 4.78 is 6.34. The SMILES string of the molecule is O=c1oc(=O)n(CC2CCN(c3ccncc3)CC2)c2ncccc12. The first-order valence-electron chi connectivity index (χ1n) is 8.36. The molecule has 0 aliphatic carbocycles. The molecule has 3 aromatic rings. The minimum atomic E-state index is -0.632. The molecule has 7 nitrogen and oxygen atoms in total. The zero-order chi connectivity index (χ0) is 17.2. The summed E-state index contributed by atoms with van der Waals surface area (Å²) in [6.07, 6.45) is 7.10. The Labute approximate surface area is 143 Å². The Kier molecular flexibility index (Phi) is 4.05. The lowest BCUT2D eigenvalue weighted by Gasteiger charge is -2.33. The van der Waals surface area contributed by atoms with Crippen LogP contribution < -0.4 is 16.3 Å². The zero-order valence-electron chi connectivity index (χ0n) is 13.7. The van der Waals surface area contributed by atoms with Crippen molar-refractivity contribution in [2.24, 2.45) is 5.92 Å². The van der Waals surface area contributed by atoms with E-state index in [1.807, 2.05) is 12.1 Å². The lowest BCUT2D eigenvalue weighted by Crippen LogP contribution is -2.37. The molecule has 25 heavy (non-hydrogen) atoms. The van der Waals surface area contributed by atoms with Crippen molar-refractivity contribution in [1.82, 2.24) is 14.5 Å². The van der Waals surface area contributed by atoms with Gasteiger partial charge in [-0.25, -0.2) is 14.6 Å². The topological polar surface area (TPSA) is 81.2 Å². The van der Waals surface area contributed by atoms with E-state index in [0.717, 1.165) is 25.9 Å². The van der Waals surface area contributed by atoms with Crippen molar-refractivity contribution in [3.05, 3.63) is 63.8 Å². The van der Waals surface area contributed by atoms with E-state index >= 15 is 0 Å². The lowest BCUT2D eigenvalue weighted by atomic mass is 9.96. The first-order chi connectivity index (χ1) is 12.2. The van der Waals surface area contributed by atoms with Gasteiger partial charge in [0, 0.05) is 43.9 Å². The van der Waals surface area contributed by atoms with E-state index in [-0.39, 0.29) is 0 Å². The molecule has 0 saturated carbocycles. The van der Waals surface area contributed by atoms with E-state index in [4.69, 9.17) is 4.42 Å². The Balaban J connectivity index is 1.54. The Morgan fingerprint density at radius 3 is 2.60 bits per heavy atom. The highest BCUT2D eigenvalue weighted by atomic mass is 16.4. The number of hydrogen-bond donors (Lipinski definition) is 0. The van der Waals surface area contributed by atoms with Gasteiger partial charge in [0.05, 0.1) is 0 Å². The summed E-state index contributed by atoms with van der Waals surface area (Å²) in [7, 11) is 0. The molecule has 1 saturated heterocycles. The number of rotatable bonds is 3. The summed E-state index contributed by atoms with van der Waals surface area (Å²) in [6, 6.07) is 7.32. The number of anilines is 1. The van der Waals surface area contributed by atoms with Crippen molar-refractivity contribution in [2.75, 3.05) is 18.0 Å². The molecule has 1 aliphatic rings. The van der Waals surface area contributed by atoms with Crippen LogP contribution in [-0.2, 0) is 6.54 Å². The molecule has 0 spiro atoms. The maximum absolute atomic E-state index is 12.2. The van der Waals surface area contributed by atoms with Gasteiger partial charge in [-0.15, -0.1) is 0 Å². The van der Waals surface area contributed by atoms with Crippen LogP contribution in [0.15, 0.2) is 56.9 Å². The maximum Gasteiger partial charge on any atom is 0.423 e. The van der Waals surface area contributed by atoms with Crippen molar-refractivity contribution in [1.29, 1.82) is 0 Å². The molecule has 0 amide bonds. The Bertz CT molecular complexity index is 988. The van der Waals surface area contributed by atoms with Gasteiger partial charge in [0.1, 0.15) is 5.39 Å². The van der Waals surface area contributed by atoms with Crippen LogP contribution in [0.4, 0.5) is 5.69 Å². The fourth-order valence-electron chi connectivity index (χ4n) is 3.40. The van der Waals surface area contributed by atoms with Crippen LogP contribution >= 0.6 is 0 Å². The minimum absolute atomic E-state index is 0.341. The fraction of sp³-hybridized carbons (Fsp3) is 0.333. The van der Waals surface area contributed by atoms with E-state index in [1.165, 1.54) is 10.3 Å². The molecular weight excluding hydrogens is 320 g/mol. The molecule has 128 valence electrons. The third-order valence-electron chi connectivity index (χ3n) is 4.75. The van der Waals surface area contributed by atoms with Crippen molar-refractivity contribution < 1.29 is 4.42 Å². The fourth-order valence-corrected chi connectivity index (χ4v) is 3.40. The smallest absolute Gasteiger partial charge is 0.372 e. The largest absolute Gasteiger partial charge is 0.423 e. The van der Waals surface area contributed by atoms with E-state index in [2.05, 4.69) is 14.9 Å². The summed E-state index contributed by atoms with van der Waals surface area (Å²) in [5.41, 5.74) is 0.945. The van der Waals surface area contributed by atoms with E-state index < -0.39 is 11.4 Å². The van der Waals surface area contributed by atoms with Crippen LogP contribution in [0.2, 0.25) is 0 Å². The van der Waals surface area contributed by atoms with E-state index in [0.29, 0.717) is 23.5 Å². The first kappa shape index (κ1) is 15.6. The molecule has 4 heterocycles. The van der Waals surface area contributed by atoms with E-state index in [9.17, 15) is 9.59 Å². The Morgan fingerprint density at radius 2 is 1.84 bits per heavy atom. The van der Waals surface area contributed by atoms with Gasteiger partial charge in [-0.2, -0.15) is 0 Å². The molecule has 4 rings (SSSR count). The predicted molar refractivity (Wildman–Crippen MR) is 93.7 cm³/mol. The molecule has 1 aliphatic heterocycles. The first-order valence-corrected chi connectivity index (χ1v) is 8.36. The van der Waals surface area contributed by atoms with Gasteiger partial charge in [0.2, 0.25) is 0 Å². The predicted octanol–water partition coefficient (Wildman–Crippen LogP) is 1.66. The van der Waals surface area contributed by atoms with Gasteiger partial charge in [-0.1, -0.05) is 0 Å². The second-order valence-corrected chi connectivity index (χ2v) is 6.28. The van der Waals surface area contributed by atoms with Crippen LogP contribution in [0.1, 0.15) is 12.8 Å². The number of hydrogen-bond acceptors (Lipinski definition) is 6. The van der Waals surface area contributed by atoms with Crippen molar-refractivity contribution >= 4 is 16.7 Å². The van der Waals surface area contributed by atoms with Gasteiger partial charge in [0.15, 0.2) is 5.65 Å². The van der Waals surface area contributed by atoms with Crippen LogP contribution in [-0.4, -0.2) is 27.6 Å². The minimum Gasteiger partial charge on any atom is -0.372 e. The van der Waals surface area contributed by atoms with Gasteiger partial charge in [-0.3, -0.25) is 9.55 Å². The normalized spacial score (nSPS) is 15.6. The van der Waals surface area contributed by atoms with Crippen LogP contribution in [0.3, 0.4) is 0 Å². The van der Waals surface area contributed by atoms with E-state index in [1.54, 1.807) is 30.7 Å². The summed E-state index contributed by atoms with van der Waals surface area (Å²) >= 11 is 0. The molecular formula is C18H18N4O3. The Morgan fingerprint density at radius 1 is 1.08 bits per heavy atom. The highest BCUT2D eigenvalue weighted by molar-refractivity contribution is 5.72.